The first-order valence-electron chi connectivity index (χ1n) is 19.3. The Labute approximate surface area is 334 Å². The molecule has 0 aliphatic rings. The fourth-order valence-corrected chi connectivity index (χ4v) is 8.35. The van der Waals surface area contributed by atoms with Gasteiger partial charge in [-0.05, 0) is 65.7 Å². The number of aromatic nitrogens is 5. The second-order valence-corrected chi connectivity index (χ2v) is 14.4. The van der Waals surface area contributed by atoms with Crippen molar-refractivity contribution in [1.82, 2.24) is 24.1 Å². The van der Waals surface area contributed by atoms with Gasteiger partial charge in [0.25, 0.3) is 0 Å². The summed E-state index contributed by atoms with van der Waals surface area (Å²) in [6.07, 6.45) is 0. The van der Waals surface area contributed by atoms with E-state index in [0.29, 0.717) is 23.0 Å². The van der Waals surface area contributed by atoms with E-state index in [0.717, 1.165) is 72.0 Å². The van der Waals surface area contributed by atoms with E-state index in [4.69, 9.17) is 15.0 Å². The molecule has 0 amide bonds. The van der Waals surface area contributed by atoms with E-state index in [2.05, 4.69) is 124 Å². The van der Waals surface area contributed by atoms with E-state index >= 15 is 0 Å². The molecule has 8 aromatic carbocycles. The van der Waals surface area contributed by atoms with Crippen molar-refractivity contribution in [2.45, 2.75) is 0 Å². The number of hydrogen-bond acceptors (Lipinski definition) is 4. The van der Waals surface area contributed by atoms with E-state index in [1.165, 1.54) is 10.8 Å². The summed E-state index contributed by atoms with van der Waals surface area (Å²) in [5.74, 6) is 1.72. The quantitative estimate of drug-likeness (QED) is 0.170. The Morgan fingerprint density at radius 1 is 0.362 bits per heavy atom. The van der Waals surface area contributed by atoms with Crippen LogP contribution in [0.15, 0.2) is 194 Å². The van der Waals surface area contributed by atoms with Crippen LogP contribution in [-0.4, -0.2) is 24.1 Å². The fourth-order valence-electron chi connectivity index (χ4n) is 8.35. The smallest absolute Gasteiger partial charge is 0.166 e. The third kappa shape index (κ3) is 5.45. The number of para-hydroxylation sites is 3. The van der Waals surface area contributed by atoms with Gasteiger partial charge in [-0.25, -0.2) is 15.0 Å². The summed E-state index contributed by atoms with van der Waals surface area (Å²) in [6.45, 7) is 0. The van der Waals surface area contributed by atoms with E-state index < -0.39 is 0 Å². The Balaban J connectivity index is 1.22. The lowest BCUT2D eigenvalue weighted by atomic mass is 9.99. The van der Waals surface area contributed by atoms with Crippen molar-refractivity contribution in [2.24, 2.45) is 0 Å². The number of hydrogen-bond donors (Lipinski definition) is 0. The van der Waals surface area contributed by atoms with Crippen LogP contribution in [0.5, 0.6) is 0 Å². The molecule has 0 radical (unpaired) electrons. The van der Waals surface area contributed by atoms with Crippen LogP contribution >= 0.6 is 0 Å². The predicted octanol–water partition coefficient (Wildman–Crippen LogP) is 12.6. The molecule has 6 nitrogen and oxygen atoms in total. The van der Waals surface area contributed by atoms with Crippen LogP contribution in [0.2, 0.25) is 0 Å². The molecule has 0 atom stereocenters. The molecule has 58 heavy (non-hydrogen) atoms. The van der Waals surface area contributed by atoms with Gasteiger partial charge in [-0.1, -0.05) is 140 Å². The molecule has 6 heteroatoms. The van der Waals surface area contributed by atoms with Crippen LogP contribution in [0.4, 0.5) is 0 Å². The molecule has 0 fully saturated rings. The SMILES string of the molecule is N#Cc1cccc(-c2ccc(-n3c4ccccc4c4ccc(-n5c6ccccc6c6ccccc65)cc43)c(-c3nc(-c4ccccc4)nc(-c4ccccc4)n3)c2)c1. The van der Waals surface area contributed by atoms with Gasteiger partial charge in [0.2, 0.25) is 0 Å². The van der Waals surface area contributed by atoms with Gasteiger partial charge in [-0.3, -0.25) is 0 Å². The summed E-state index contributed by atoms with van der Waals surface area (Å²) in [5, 5.41) is 14.5. The largest absolute Gasteiger partial charge is 0.309 e. The first-order chi connectivity index (χ1) is 28.7. The van der Waals surface area contributed by atoms with Gasteiger partial charge in [0, 0.05) is 43.9 Å². The zero-order chi connectivity index (χ0) is 38.6. The molecule has 0 aliphatic heterocycles. The van der Waals surface area contributed by atoms with Crippen molar-refractivity contribution in [3.8, 4) is 62.7 Å². The van der Waals surface area contributed by atoms with Gasteiger partial charge in [0.15, 0.2) is 17.5 Å². The fraction of sp³-hybridized carbons (Fsp3) is 0. The monoisotopic (exact) mass is 740 g/mol. The van der Waals surface area contributed by atoms with Crippen molar-refractivity contribution in [3.63, 3.8) is 0 Å². The van der Waals surface area contributed by atoms with Crippen LogP contribution in [0.1, 0.15) is 5.56 Å². The average molecular weight is 741 g/mol. The molecule has 0 unspecified atom stereocenters. The highest BCUT2D eigenvalue weighted by molar-refractivity contribution is 6.12. The Bertz CT molecular complexity index is 3300. The van der Waals surface area contributed by atoms with Gasteiger partial charge < -0.3 is 9.13 Å². The molecule has 0 saturated carbocycles. The summed E-state index contributed by atoms with van der Waals surface area (Å²) in [7, 11) is 0. The van der Waals surface area contributed by atoms with E-state index in [-0.39, 0.29) is 0 Å². The summed E-state index contributed by atoms with van der Waals surface area (Å²) < 4.78 is 4.71. The third-order valence-corrected chi connectivity index (χ3v) is 11.0. The van der Waals surface area contributed by atoms with Crippen molar-refractivity contribution in [2.75, 3.05) is 0 Å². The minimum atomic E-state index is 0.547. The lowest BCUT2D eigenvalue weighted by Gasteiger charge is -2.17. The molecule has 0 spiro atoms. The molecule has 3 heterocycles. The highest BCUT2D eigenvalue weighted by Crippen LogP contribution is 2.40. The molecule has 270 valence electrons. The maximum atomic E-state index is 9.82. The lowest BCUT2D eigenvalue weighted by Crippen LogP contribution is -2.04. The zero-order valence-electron chi connectivity index (χ0n) is 31.2. The zero-order valence-corrected chi connectivity index (χ0v) is 31.2. The van der Waals surface area contributed by atoms with Gasteiger partial charge in [0.1, 0.15) is 0 Å². The van der Waals surface area contributed by atoms with Gasteiger partial charge in [-0.15, -0.1) is 0 Å². The van der Waals surface area contributed by atoms with Crippen molar-refractivity contribution >= 4 is 43.6 Å². The Morgan fingerprint density at radius 2 is 0.862 bits per heavy atom. The molecule has 3 aromatic heterocycles. The minimum absolute atomic E-state index is 0.547. The van der Waals surface area contributed by atoms with Crippen LogP contribution in [0.25, 0.3) is 100 Å². The van der Waals surface area contributed by atoms with Crippen molar-refractivity contribution in [1.29, 1.82) is 5.26 Å². The van der Waals surface area contributed by atoms with Gasteiger partial charge in [-0.2, -0.15) is 5.26 Å². The van der Waals surface area contributed by atoms with E-state index in [1.807, 2.05) is 84.9 Å². The molecular formula is C52H32N6. The normalized spacial score (nSPS) is 11.4. The van der Waals surface area contributed by atoms with Crippen molar-refractivity contribution < 1.29 is 0 Å². The Hall–Kier alpha value is -8.14. The maximum absolute atomic E-state index is 9.82. The topological polar surface area (TPSA) is 72.3 Å². The van der Waals surface area contributed by atoms with Crippen LogP contribution in [0.3, 0.4) is 0 Å². The predicted molar refractivity (Wildman–Crippen MR) is 235 cm³/mol. The standard InChI is InChI=1S/C52H32N6/c53-33-34-14-13-19-37(30-34)38-26-29-48(44(31-38)52-55-50(35-15-3-1-4-16-35)54-51(56-52)36-17-5-2-6-18-36)58-47-25-12-9-22-42(47)43-28-27-39(32-49(43)58)57-45-23-10-7-20-40(45)41-21-8-11-24-46(41)57/h1-32H. The maximum Gasteiger partial charge on any atom is 0.166 e. The highest BCUT2D eigenvalue weighted by atomic mass is 15.1. The molecule has 0 saturated heterocycles. The third-order valence-electron chi connectivity index (χ3n) is 11.0. The highest BCUT2D eigenvalue weighted by Gasteiger charge is 2.21. The molecular weight excluding hydrogens is 709 g/mol. The van der Waals surface area contributed by atoms with Crippen molar-refractivity contribution in [3.05, 3.63) is 200 Å². The average Bonchev–Trinajstić information content (AvgIpc) is 3.82. The lowest BCUT2D eigenvalue weighted by molar-refractivity contribution is 1.06. The van der Waals surface area contributed by atoms with Gasteiger partial charge in [0.05, 0.1) is 39.4 Å². The molecule has 0 N–H and O–H groups in total. The van der Waals surface area contributed by atoms with Gasteiger partial charge >= 0.3 is 0 Å². The van der Waals surface area contributed by atoms with Crippen LogP contribution < -0.4 is 0 Å². The summed E-state index contributed by atoms with van der Waals surface area (Å²) in [4.78, 5) is 15.5. The second-order valence-electron chi connectivity index (χ2n) is 14.4. The summed E-state index contributed by atoms with van der Waals surface area (Å²) >= 11 is 0. The number of nitriles is 1. The van der Waals surface area contributed by atoms with Crippen LogP contribution in [0, 0.1) is 11.3 Å². The molecule has 11 rings (SSSR count). The second kappa shape index (κ2) is 13.6. The van der Waals surface area contributed by atoms with E-state index in [9.17, 15) is 5.26 Å². The summed E-state index contributed by atoms with van der Waals surface area (Å²) in [5.41, 5.74) is 11.5. The Kier molecular flexibility index (Phi) is 7.76. The molecule has 11 aromatic rings. The Morgan fingerprint density at radius 3 is 1.47 bits per heavy atom. The van der Waals surface area contributed by atoms with E-state index in [1.54, 1.807) is 0 Å². The van der Waals surface area contributed by atoms with Crippen LogP contribution in [-0.2, 0) is 0 Å². The molecule has 0 bridgehead atoms. The number of fused-ring (bicyclic) bond motifs is 6. The first kappa shape index (κ1) is 33.2. The minimum Gasteiger partial charge on any atom is -0.309 e. The number of rotatable bonds is 6. The first-order valence-corrected chi connectivity index (χ1v) is 19.3. The molecule has 0 aliphatic carbocycles. The number of nitrogens with zero attached hydrogens (tertiary/aromatic N) is 6. The number of benzene rings is 8. The summed E-state index contributed by atoms with van der Waals surface area (Å²) in [6, 6.07) is 69.2.